The second kappa shape index (κ2) is 9.18. The summed E-state index contributed by atoms with van der Waals surface area (Å²) in [6, 6.07) is 9.20. The standard InChI is InChI=1S/C18H14Cl2N6O3/c1-29-16(27)5-3-10-2-4-15(14(6-10)17-23-25-26-24-17)22-18(28)21-13-8-11(19)7-12(20)9-13/h2-9H,1H3,(H2,21,22,28)(H,23,24,25,26)/b5-3+. The minimum Gasteiger partial charge on any atom is -0.466 e. The Morgan fingerprint density at radius 2 is 1.86 bits per heavy atom. The molecule has 0 spiro atoms. The van der Waals surface area contributed by atoms with E-state index in [0.29, 0.717) is 32.5 Å². The minimum absolute atomic E-state index is 0.263. The summed E-state index contributed by atoms with van der Waals surface area (Å²) in [5.74, 6) is -0.229. The number of rotatable bonds is 5. The van der Waals surface area contributed by atoms with Crippen LogP contribution in [0, 0.1) is 0 Å². The molecule has 0 aliphatic carbocycles. The molecular formula is C18H14Cl2N6O3. The van der Waals surface area contributed by atoms with Crippen LogP contribution < -0.4 is 10.6 Å². The highest BCUT2D eigenvalue weighted by atomic mass is 35.5. The van der Waals surface area contributed by atoms with Crippen molar-refractivity contribution < 1.29 is 14.3 Å². The fourth-order valence-corrected chi connectivity index (χ4v) is 2.90. The number of aromatic nitrogens is 4. The lowest BCUT2D eigenvalue weighted by Crippen LogP contribution is -2.20. The third kappa shape index (κ3) is 5.53. The van der Waals surface area contributed by atoms with Gasteiger partial charge >= 0.3 is 12.0 Å². The Labute approximate surface area is 175 Å². The number of hydrogen-bond acceptors (Lipinski definition) is 6. The minimum atomic E-state index is -0.522. The van der Waals surface area contributed by atoms with E-state index in [-0.39, 0.29) is 5.82 Å². The van der Waals surface area contributed by atoms with Gasteiger partial charge in [0.15, 0.2) is 0 Å². The van der Waals surface area contributed by atoms with E-state index in [1.165, 1.54) is 13.2 Å². The van der Waals surface area contributed by atoms with Crippen LogP contribution in [0.25, 0.3) is 17.5 Å². The Hall–Kier alpha value is -3.43. The van der Waals surface area contributed by atoms with Crippen molar-refractivity contribution in [2.24, 2.45) is 0 Å². The largest absolute Gasteiger partial charge is 0.466 e. The number of carbonyl (C=O) groups excluding carboxylic acids is 2. The molecule has 3 N–H and O–H groups in total. The highest BCUT2D eigenvalue weighted by molar-refractivity contribution is 6.35. The van der Waals surface area contributed by atoms with Crippen molar-refractivity contribution in [1.29, 1.82) is 0 Å². The average Bonchev–Trinajstić information content (AvgIpc) is 3.20. The molecule has 2 amide bonds. The van der Waals surface area contributed by atoms with Crippen LogP contribution in [0.4, 0.5) is 16.2 Å². The molecule has 0 bridgehead atoms. The van der Waals surface area contributed by atoms with Crippen molar-refractivity contribution in [1.82, 2.24) is 20.6 Å². The van der Waals surface area contributed by atoms with Gasteiger partial charge in [-0.2, -0.15) is 5.21 Å². The maximum atomic E-state index is 12.4. The number of carbonyl (C=O) groups is 2. The number of nitrogens with zero attached hydrogens (tertiary/aromatic N) is 3. The number of esters is 1. The lowest BCUT2D eigenvalue weighted by atomic mass is 10.1. The second-order valence-electron chi connectivity index (χ2n) is 5.63. The predicted octanol–water partition coefficient (Wildman–Crippen LogP) is 4.00. The number of anilines is 2. The molecule has 0 saturated heterocycles. The first-order valence-electron chi connectivity index (χ1n) is 8.12. The third-order valence-electron chi connectivity index (χ3n) is 3.61. The number of hydrogen-bond donors (Lipinski definition) is 3. The molecule has 1 aromatic heterocycles. The van der Waals surface area contributed by atoms with E-state index in [2.05, 4.69) is 36.0 Å². The summed E-state index contributed by atoms with van der Waals surface area (Å²) in [5, 5.41) is 19.9. The molecule has 2 aromatic carbocycles. The third-order valence-corrected chi connectivity index (χ3v) is 4.05. The number of amides is 2. The lowest BCUT2D eigenvalue weighted by molar-refractivity contribution is -0.134. The van der Waals surface area contributed by atoms with E-state index in [1.807, 2.05) is 0 Å². The van der Waals surface area contributed by atoms with E-state index in [9.17, 15) is 9.59 Å². The monoisotopic (exact) mass is 432 g/mol. The molecule has 0 fully saturated rings. The van der Waals surface area contributed by atoms with Crippen LogP contribution in [-0.4, -0.2) is 39.7 Å². The van der Waals surface area contributed by atoms with E-state index in [0.717, 1.165) is 0 Å². The average molecular weight is 433 g/mol. The zero-order valence-electron chi connectivity index (χ0n) is 14.9. The molecule has 9 nitrogen and oxygen atoms in total. The Bertz CT molecular complexity index is 1050. The maximum absolute atomic E-state index is 12.4. The van der Waals surface area contributed by atoms with Gasteiger partial charge in [-0.1, -0.05) is 29.3 Å². The molecule has 11 heteroatoms. The summed E-state index contributed by atoms with van der Waals surface area (Å²) in [4.78, 5) is 23.7. The van der Waals surface area contributed by atoms with Gasteiger partial charge in [-0.25, -0.2) is 9.59 Å². The first-order valence-corrected chi connectivity index (χ1v) is 8.88. The molecule has 0 aliphatic heterocycles. The van der Waals surface area contributed by atoms with E-state index >= 15 is 0 Å². The Balaban J connectivity index is 1.85. The van der Waals surface area contributed by atoms with Crippen LogP contribution in [0.15, 0.2) is 42.5 Å². The molecule has 1 heterocycles. The first-order chi connectivity index (χ1) is 13.9. The number of ether oxygens (including phenoxy) is 1. The van der Waals surface area contributed by atoms with Crippen molar-refractivity contribution in [3.05, 3.63) is 58.1 Å². The molecule has 29 heavy (non-hydrogen) atoms. The van der Waals surface area contributed by atoms with Crippen LogP contribution in [-0.2, 0) is 9.53 Å². The Morgan fingerprint density at radius 1 is 1.10 bits per heavy atom. The van der Waals surface area contributed by atoms with Gasteiger partial charge in [0.2, 0.25) is 5.82 Å². The van der Waals surface area contributed by atoms with E-state index in [1.54, 1.807) is 42.5 Å². The van der Waals surface area contributed by atoms with Gasteiger partial charge in [0.1, 0.15) is 0 Å². The quantitative estimate of drug-likeness (QED) is 0.413. The van der Waals surface area contributed by atoms with Crippen molar-refractivity contribution in [3.63, 3.8) is 0 Å². The van der Waals surface area contributed by atoms with Crippen molar-refractivity contribution in [3.8, 4) is 11.4 Å². The summed E-state index contributed by atoms with van der Waals surface area (Å²) in [5.41, 5.74) is 2.01. The SMILES string of the molecule is COC(=O)/C=C/c1ccc(NC(=O)Nc2cc(Cl)cc(Cl)c2)c(-c2nn[nH]n2)c1. The first kappa shape index (κ1) is 20.3. The predicted molar refractivity (Wildman–Crippen MR) is 110 cm³/mol. The topological polar surface area (TPSA) is 122 Å². The fraction of sp³-hybridized carbons (Fsp3) is 0.0556. The number of aromatic amines is 1. The highest BCUT2D eigenvalue weighted by Crippen LogP contribution is 2.27. The number of benzene rings is 2. The van der Waals surface area contributed by atoms with E-state index in [4.69, 9.17) is 23.2 Å². The number of H-pyrrole nitrogens is 1. The summed E-state index contributed by atoms with van der Waals surface area (Å²) in [6.07, 6.45) is 2.84. The van der Waals surface area contributed by atoms with Crippen molar-refractivity contribution >= 4 is 52.7 Å². The summed E-state index contributed by atoms with van der Waals surface area (Å²) in [6.45, 7) is 0. The molecule has 3 rings (SSSR count). The number of tetrazole rings is 1. The zero-order chi connectivity index (χ0) is 20.8. The summed E-state index contributed by atoms with van der Waals surface area (Å²) >= 11 is 11.9. The molecule has 0 saturated carbocycles. The molecule has 0 radical (unpaired) electrons. The lowest BCUT2D eigenvalue weighted by Gasteiger charge is -2.11. The second-order valence-corrected chi connectivity index (χ2v) is 6.51. The summed E-state index contributed by atoms with van der Waals surface area (Å²) in [7, 11) is 1.29. The van der Waals surface area contributed by atoms with Gasteiger partial charge in [0.25, 0.3) is 0 Å². The molecule has 0 atom stereocenters. The van der Waals surface area contributed by atoms with Gasteiger partial charge in [0, 0.05) is 27.4 Å². The van der Waals surface area contributed by atoms with Gasteiger partial charge in [0.05, 0.1) is 12.8 Å². The number of methoxy groups -OCH3 is 1. The van der Waals surface area contributed by atoms with Crippen LogP contribution in [0.2, 0.25) is 10.0 Å². The van der Waals surface area contributed by atoms with Crippen LogP contribution >= 0.6 is 23.2 Å². The van der Waals surface area contributed by atoms with Crippen molar-refractivity contribution in [2.45, 2.75) is 0 Å². The molecule has 0 aliphatic rings. The van der Waals surface area contributed by atoms with Gasteiger partial charge in [-0.05, 0) is 47.2 Å². The zero-order valence-corrected chi connectivity index (χ0v) is 16.5. The molecule has 0 unspecified atom stereocenters. The fourth-order valence-electron chi connectivity index (χ4n) is 2.38. The van der Waals surface area contributed by atoms with E-state index < -0.39 is 12.0 Å². The van der Waals surface area contributed by atoms with Crippen LogP contribution in [0.1, 0.15) is 5.56 Å². The maximum Gasteiger partial charge on any atom is 0.330 e. The normalized spacial score (nSPS) is 10.7. The number of nitrogens with one attached hydrogen (secondary N) is 3. The molecule has 3 aromatic rings. The van der Waals surface area contributed by atoms with Crippen molar-refractivity contribution in [2.75, 3.05) is 17.7 Å². The molecular weight excluding hydrogens is 419 g/mol. The smallest absolute Gasteiger partial charge is 0.330 e. The van der Waals surface area contributed by atoms with Gasteiger partial charge in [-0.3, -0.25) is 0 Å². The van der Waals surface area contributed by atoms with Gasteiger partial charge < -0.3 is 15.4 Å². The Morgan fingerprint density at radius 3 is 2.52 bits per heavy atom. The molecule has 148 valence electrons. The van der Waals surface area contributed by atoms with Crippen LogP contribution in [0.5, 0.6) is 0 Å². The number of halogens is 2. The van der Waals surface area contributed by atoms with Crippen LogP contribution in [0.3, 0.4) is 0 Å². The number of urea groups is 1. The highest BCUT2D eigenvalue weighted by Gasteiger charge is 2.13. The summed E-state index contributed by atoms with van der Waals surface area (Å²) < 4.78 is 4.57. The van der Waals surface area contributed by atoms with Gasteiger partial charge in [-0.15, -0.1) is 10.2 Å². The Kier molecular flexibility index (Phi) is 6.43.